The molecule has 2 aromatic carbocycles. The highest BCUT2D eigenvalue weighted by Gasteiger charge is 2.25. The van der Waals surface area contributed by atoms with Gasteiger partial charge in [-0.3, -0.25) is 19.1 Å². The number of nitrogens with zero attached hydrogens (tertiary/aromatic N) is 2. The minimum atomic E-state index is -0.718. The van der Waals surface area contributed by atoms with Crippen molar-refractivity contribution in [3.8, 4) is 11.5 Å². The molecule has 0 saturated carbocycles. The molecule has 3 N–H and O–H groups in total. The lowest BCUT2D eigenvalue weighted by Crippen LogP contribution is -2.42. The van der Waals surface area contributed by atoms with Gasteiger partial charge in [-0.15, -0.1) is 0 Å². The number of hydrogen-bond acceptors (Lipinski definition) is 6. The number of rotatable bonds is 10. The molecule has 0 atom stereocenters. The Morgan fingerprint density at radius 3 is 2.47 bits per heavy atom. The SMILES string of the molecule is COCCCN(C(=O)c1cccc(Oc2ccccc2)c1)c1c(N)n(CC(C)C)c(=O)[nH]c1=O. The Morgan fingerprint density at radius 1 is 1.09 bits per heavy atom. The van der Waals surface area contributed by atoms with E-state index in [2.05, 4.69) is 4.98 Å². The first-order valence-corrected chi connectivity index (χ1v) is 11.1. The highest BCUT2D eigenvalue weighted by atomic mass is 16.5. The van der Waals surface area contributed by atoms with Crippen molar-refractivity contribution >= 4 is 17.4 Å². The van der Waals surface area contributed by atoms with E-state index in [1.807, 2.05) is 44.2 Å². The number of para-hydroxylation sites is 1. The second-order valence-electron chi connectivity index (χ2n) is 8.24. The number of amides is 1. The Balaban J connectivity index is 2.02. The zero-order valence-electron chi connectivity index (χ0n) is 19.6. The Labute approximate surface area is 197 Å². The molecule has 9 heteroatoms. The minimum absolute atomic E-state index is 0.0510. The van der Waals surface area contributed by atoms with Gasteiger partial charge in [0.25, 0.3) is 11.5 Å². The van der Waals surface area contributed by atoms with Gasteiger partial charge in [0, 0.05) is 32.4 Å². The summed E-state index contributed by atoms with van der Waals surface area (Å²) < 4.78 is 12.3. The number of carbonyl (C=O) groups excluding carboxylic acids is 1. The molecule has 0 aliphatic heterocycles. The van der Waals surface area contributed by atoms with Crippen LogP contribution in [0.3, 0.4) is 0 Å². The molecule has 0 bridgehead atoms. The quantitative estimate of drug-likeness (QED) is 0.443. The van der Waals surface area contributed by atoms with Crippen LogP contribution in [0.25, 0.3) is 0 Å². The molecule has 0 spiro atoms. The molecular weight excluding hydrogens is 436 g/mol. The van der Waals surface area contributed by atoms with Gasteiger partial charge in [0.05, 0.1) is 0 Å². The molecule has 1 heterocycles. The zero-order chi connectivity index (χ0) is 24.7. The number of aromatic nitrogens is 2. The van der Waals surface area contributed by atoms with Crippen molar-refractivity contribution in [1.29, 1.82) is 0 Å². The second kappa shape index (κ2) is 11.3. The summed E-state index contributed by atoms with van der Waals surface area (Å²) in [6.45, 7) is 4.70. The van der Waals surface area contributed by atoms with E-state index in [4.69, 9.17) is 15.2 Å². The lowest BCUT2D eigenvalue weighted by atomic mass is 10.1. The summed E-state index contributed by atoms with van der Waals surface area (Å²) in [5, 5.41) is 0. The number of methoxy groups -OCH3 is 1. The molecule has 0 saturated heterocycles. The molecule has 34 heavy (non-hydrogen) atoms. The molecule has 180 valence electrons. The minimum Gasteiger partial charge on any atom is -0.457 e. The Hall–Kier alpha value is -3.85. The second-order valence-corrected chi connectivity index (χ2v) is 8.24. The lowest BCUT2D eigenvalue weighted by Gasteiger charge is -2.25. The summed E-state index contributed by atoms with van der Waals surface area (Å²) in [5.41, 5.74) is 5.20. The maximum Gasteiger partial charge on any atom is 0.330 e. The van der Waals surface area contributed by atoms with Crippen LogP contribution >= 0.6 is 0 Å². The molecule has 0 radical (unpaired) electrons. The molecular formula is C25H30N4O5. The third-order valence-corrected chi connectivity index (χ3v) is 5.07. The number of aromatic amines is 1. The van der Waals surface area contributed by atoms with Crippen molar-refractivity contribution in [2.24, 2.45) is 5.92 Å². The van der Waals surface area contributed by atoms with Crippen molar-refractivity contribution < 1.29 is 14.3 Å². The van der Waals surface area contributed by atoms with Crippen molar-refractivity contribution in [2.45, 2.75) is 26.8 Å². The van der Waals surface area contributed by atoms with Gasteiger partial charge < -0.3 is 20.1 Å². The van der Waals surface area contributed by atoms with Gasteiger partial charge in [-0.05, 0) is 42.7 Å². The summed E-state index contributed by atoms with van der Waals surface area (Å²) in [5.74, 6) is 0.709. The monoisotopic (exact) mass is 466 g/mol. The Morgan fingerprint density at radius 2 is 1.79 bits per heavy atom. The van der Waals surface area contributed by atoms with Gasteiger partial charge in [0.1, 0.15) is 17.3 Å². The van der Waals surface area contributed by atoms with Gasteiger partial charge in [0.2, 0.25) is 0 Å². The molecule has 0 fully saturated rings. The van der Waals surface area contributed by atoms with E-state index in [-0.39, 0.29) is 24.0 Å². The van der Waals surface area contributed by atoms with Gasteiger partial charge in [-0.2, -0.15) is 0 Å². The van der Waals surface area contributed by atoms with E-state index in [1.54, 1.807) is 31.4 Å². The first-order chi connectivity index (χ1) is 16.3. The number of carbonyl (C=O) groups is 1. The van der Waals surface area contributed by atoms with Crippen LogP contribution in [-0.4, -0.2) is 35.7 Å². The maximum atomic E-state index is 13.6. The fraction of sp³-hybridized carbons (Fsp3) is 0.320. The van der Waals surface area contributed by atoms with Gasteiger partial charge >= 0.3 is 5.69 Å². The highest BCUT2D eigenvalue weighted by molar-refractivity contribution is 6.07. The summed E-state index contributed by atoms with van der Waals surface area (Å²) in [4.78, 5) is 42.4. The third kappa shape index (κ3) is 5.93. The van der Waals surface area contributed by atoms with Crippen molar-refractivity contribution in [1.82, 2.24) is 9.55 Å². The summed E-state index contributed by atoms with van der Waals surface area (Å²) in [6, 6.07) is 15.9. The summed E-state index contributed by atoms with van der Waals surface area (Å²) >= 11 is 0. The molecule has 0 aliphatic rings. The largest absolute Gasteiger partial charge is 0.457 e. The van der Waals surface area contributed by atoms with E-state index in [0.29, 0.717) is 36.6 Å². The first kappa shape index (κ1) is 24.8. The van der Waals surface area contributed by atoms with E-state index < -0.39 is 17.2 Å². The molecule has 1 amide bonds. The number of ether oxygens (including phenoxy) is 2. The van der Waals surface area contributed by atoms with Gasteiger partial charge in [-0.1, -0.05) is 38.1 Å². The van der Waals surface area contributed by atoms with Crippen LogP contribution in [-0.2, 0) is 11.3 Å². The van der Waals surface area contributed by atoms with Crippen molar-refractivity contribution in [2.75, 3.05) is 30.9 Å². The standard InChI is InChI=1S/C25H30N4O5/c1-17(2)16-29-22(26)21(23(30)27-25(29)32)28(13-8-14-33-3)24(31)18-9-7-12-20(15-18)34-19-10-5-4-6-11-19/h4-7,9-12,15,17H,8,13-14,16,26H2,1-3H3,(H,27,30,32). The van der Waals surface area contributed by atoms with Crippen molar-refractivity contribution in [3.63, 3.8) is 0 Å². The molecule has 0 aliphatic carbocycles. The predicted molar refractivity (Wildman–Crippen MR) is 132 cm³/mol. The average molecular weight is 467 g/mol. The maximum absolute atomic E-state index is 13.6. The van der Waals surface area contributed by atoms with Crippen LogP contribution in [0.2, 0.25) is 0 Å². The van der Waals surface area contributed by atoms with Crippen LogP contribution in [0.15, 0.2) is 64.2 Å². The number of hydrogen-bond donors (Lipinski definition) is 2. The lowest BCUT2D eigenvalue weighted by molar-refractivity contribution is 0.0983. The van der Waals surface area contributed by atoms with Gasteiger partial charge in [0.15, 0.2) is 5.69 Å². The Kier molecular flexibility index (Phi) is 8.26. The molecule has 3 aromatic rings. The summed E-state index contributed by atoms with van der Waals surface area (Å²) in [7, 11) is 1.56. The van der Waals surface area contributed by atoms with E-state index in [1.165, 1.54) is 9.47 Å². The third-order valence-electron chi connectivity index (χ3n) is 5.07. The van der Waals surface area contributed by atoms with Crippen molar-refractivity contribution in [3.05, 3.63) is 81.0 Å². The van der Waals surface area contributed by atoms with Gasteiger partial charge in [-0.25, -0.2) is 4.79 Å². The van der Waals surface area contributed by atoms with E-state index >= 15 is 0 Å². The zero-order valence-corrected chi connectivity index (χ0v) is 19.6. The van der Waals surface area contributed by atoms with Crippen LogP contribution in [0, 0.1) is 5.92 Å². The normalized spacial score (nSPS) is 10.9. The molecule has 9 nitrogen and oxygen atoms in total. The number of nitrogens with two attached hydrogens (primary N) is 1. The molecule has 1 aromatic heterocycles. The number of anilines is 2. The van der Waals surface area contributed by atoms with Crippen LogP contribution < -0.4 is 26.6 Å². The molecule has 0 unspecified atom stereocenters. The fourth-order valence-electron chi connectivity index (χ4n) is 3.54. The fourth-order valence-corrected chi connectivity index (χ4v) is 3.54. The Bertz CT molecular complexity index is 1230. The van der Waals surface area contributed by atoms with E-state index in [0.717, 1.165) is 0 Å². The number of nitrogens with one attached hydrogen (secondary N) is 1. The van der Waals surface area contributed by atoms with Crippen LogP contribution in [0.1, 0.15) is 30.6 Å². The number of H-pyrrole nitrogens is 1. The number of benzene rings is 2. The number of nitrogen functional groups attached to an aromatic ring is 1. The highest BCUT2D eigenvalue weighted by Crippen LogP contribution is 2.25. The van der Waals surface area contributed by atoms with E-state index in [9.17, 15) is 14.4 Å². The van der Waals surface area contributed by atoms with Crippen LogP contribution in [0.4, 0.5) is 11.5 Å². The first-order valence-electron chi connectivity index (χ1n) is 11.1. The predicted octanol–water partition coefficient (Wildman–Crippen LogP) is 3.25. The summed E-state index contributed by atoms with van der Waals surface area (Å²) in [6.07, 6.45) is 0.463. The van der Waals surface area contributed by atoms with Crippen LogP contribution in [0.5, 0.6) is 11.5 Å². The molecule has 3 rings (SSSR count). The smallest absolute Gasteiger partial charge is 0.330 e. The topological polar surface area (TPSA) is 120 Å². The average Bonchev–Trinajstić information content (AvgIpc) is 2.81.